The smallest absolute Gasteiger partial charge is 0.322 e. The summed E-state index contributed by atoms with van der Waals surface area (Å²) < 4.78 is 26.1. The van der Waals surface area contributed by atoms with Gasteiger partial charge in [0.25, 0.3) is 11.8 Å². The SMILES string of the molecule is COc1ccc(C(=O)Nc2nnc(C3=COCCO3)o2)c(OC)c1. The fraction of sp³-hybridized carbons (Fsp3) is 0.267. The summed E-state index contributed by atoms with van der Waals surface area (Å²) in [5.74, 6) is 0.908. The zero-order chi connectivity index (χ0) is 16.9. The maximum Gasteiger partial charge on any atom is 0.322 e. The number of ether oxygens (including phenoxy) is 4. The Balaban J connectivity index is 1.75. The number of carbonyl (C=O) groups excluding carboxylic acids is 1. The molecule has 126 valence electrons. The van der Waals surface area contributed by atoms with Gasteiger partial charge in [0.1, 0.15) is 31.0 Å². The van der Waals surface area contributed by atoms with Crippen LogP contribution in [0, 0.1) is 0 Å². The monoisotopic (exact) mass is 333 g/mol. The number of nitrogens with one attached hydrogen (secondary N) is 1. The summed E-state index contributed by atoms with van der Waals surface area (Å²) >= 11 is 0. The van der Waals surface area contributed by atoms with Crippen LogP contribution < -0.4 is 14.8 Å². The Hall–Kier alpha value is -3.23. The number of hydrogen-bond donors (Lipinski definition) is 1. The number of nitrogens with zero attached hydrogens (tertiary/aromatic N) is 2. The zero-order valence-electron chi connectivity index (χ0n) is 13.1. The highest BCUT2D eigenvalue weighted by Crippen LogP contribution is 2.26. The summed E-state index contributed by atoms with van der Waals surface area (Å²) in [4.78, 5) is 12.3. The van der Waals surface area contributed by atoms with Crippen LogP contribution in [0.15, 0.2) is 28.9 Å². The van der Waals surface area contributed by atoms with Crippen molar-refractivity contribution in [1.82, 2.24) is 10.2 Å². The average Bonchev–Trinajstić information content (AvgIpc) is 3.10. The standard InChI is InChI=1S/C15H15N3O6/c1-20-9-3-4-10(11(7-9)21-2)13(19)16-15-18-17-14(24-15)12-8-22-5-6-23-12/h3-4,7-8H,5-6H2,1-2H3,(H,16,18,19). The third-order valence-electron chi connectivity index (χ3n) is 3.16. The van der Waals surface area contributed by atoms with Crippen LogP contribution in [-0.2, 0) is 9.47 Å². The van der Waals surface area contributed by atoms with Crippen molar-refractivity contribution in [1.29, 1.82) is 0 Å². The molecule has 9 nitrogen and oxygen atoms in total. The fourth-order valence-corrected chi connectivity index (χ4v) is 2.00. The molecule has 2 heterocycles. The Morgan fingerprint density at radius 1 is 1.21 bits per heavy atom. The summed E-state index contributed by atoms with van der Waals surface area (Å²) in [6.45, 7) is 0.845. The topological polar surface area (TPSA) is 105 Å². The van der Waals surface area contributed by atoms with Gasteiger partial charge in [-0.15, -0.1) is 5.10 Å². The van der Waals surface area contributed by atoms with Gasteiger partial charge < -0.3 is 23.4 Å². The molecule has 9 heteroatoms. The third kappa shape index (κ3) is 3.24. The predicted octanol–water partition coefficient (Wildman–Crippen LogP) is 1.68. The largest absolute Gasteiger partial charge is 0.497 e. The summed E-state index contributed by atoms with van der Waals surface area (Å²) in [5, 5.41) is 10.1. The molecule has 3 rings (SSSR count). The molecule has 24 heavy (non-hydrogen) atoms. The van der Waals surface area contributed by atoms with Crippen molar-refractivity contribution in [3.63, 3.8) is 0 Å². The van der Waals surface area contributed by atoms with Gasteiger partial charge in [-0.1, -0.05) is 5.10 Å². The van der Waals surface area contributed by atoms with Gasteiger partial charge >= 0.3 is 6.01 Å². The van der Waals surface area contributed by atoms with Crippen molar-refractivity contribution in [3.05, 3.63) is 35.9 Å². The quantitative estimate of drug-likeness (QED) is 0.881. The van der Waals surface area contributed by atoms with E-state index in [1.807, 2.05) is 0 Å². The van der Waals surface area contributed by atoms with E-state index >= 15 is 0 Å². The molecule has 1 N–H and O–H groups in total. The number of anilines is 1. The molecule has 0 unspecified atom stereocenters. The molecule has 1 amide bonds. The first-order valence-corrected chi connectivity index (χ1v) is 7.03. The lowest BCUT2D eigenvalue weighted by Gasteiger charge is -2.12. The maximum absolute atomic E-state index is 12.3. The molecule has 1 aromatic heterocycles. The second-order valence-corrected chi connectivity index (χ2v) is 4.63. The van der Waals surface area contributed by atoms with Crippen molar-refractivity contribution in [2.45, 2.75) is 0 Å². The van der Waals surface area contributed by atoms with Crippen molar-refractivity contribution in [3.8, 4) is 11.5 Å². The molecule has 0 spiro atoms. The minimum Gasteiger partial charge on any atom is -0.497 e. The summed E-state index contributed by atoms with van der Waals surface area (Å²) in [6, 6.07) is 4.76. The Kier molecular flexibility index (Phi) is 4.50. The van der Waals surface area contributed by atoms with E-state index in [1.165, 1.54) is 20.5 Å². The predicted molar refractivity (Wildman–Crippen MR) is 81.7 cm³/mol. The molecule has 0 fully saturated rings. The van der Waals surface area contributed by atoms with Crippen LogP contribution in [0.4, 0.5) is 6.01 Å². The summed E-state index contributed by atoms with van der Waals surface area (Å²) in [7, 11) is 2.99. The number of hydrogen-bond acceptors (Lipinski definition) is 8. The van der Waals surface area contributed by atoms with Crippen LogP contribution in [0.3, 0.4) is 0 Å². The molecule has 1 aliphatic rings. The third-order valence-corrected chi connectivity index (χ3v) is 3.16. The van der Waals surface area contributed by atoms with Gasteiger partial charge in [-0.25, -0.2) is 0 Å². The zero-order valence-corrected chi connectivity index (χ0v) is 13.1. The summed E-state index contributed by atoms with van der Waals surface area (Å²) in [5.41, 5.74) is 0.300. The van der Waals surface area contributed by atoms with E-state index < -0.39 is 5.91 Å². The van der Waals surface area contributed by atoms with Gasteiger partial charge in [0.15, 0.2) is 0 Å². The lowest BCUT2D eigenvalue weighted by molar-refractivity contribution is 0.102. The first-order valence-electron chi connectivity index (χ1n) is 7.03. The molecule has 0 aliphatic carbocycles. The van der Waals surface area contributed by atoms with E-state index in [-0.39, 0.29) is 11.9 Å². The molecule has 1 aliphatic heterocycles. The van der Waals surface area contributed by atoms with Gasteiger partial charge in [-0.3, -0.25) is 10.1 Å². The number of benzene rings is 1. The van der Waals surface area contributed by atoms with Crippen molar-refractivity contribution in [2.24, 2.45) is 0 Å². The first-order chi connectivity index (χ1) is 11.7. The van der Waals surface area contributed by atoms with Gasteiger partial charge in [-0.05, 0) is 12.1 Å². The highest BCUT2D eigenvalue weighted by atomic mass is 16.6. The molecule has 0 bridgehead atoms. The highest BCUT2D eigenvalue weighted by molar-refractivity contribution is 6.05. The number of carbonyl (C=O) groups is 1. The van der Waals surface area contributed by atoms with E-state index in [1.54, 1.807) is 18.2 Å². The number of methoxy groups -OCH3 is 2. The average molecular weight is 333 g/mol. The van der Waals surface area contributed by atoms with Crippen LogP contribution in [0.1, 0.15) is 16.2 Å². The van der Waals surface area contributed by atoms with Crippen LogP contribution in [0.2, 0.25) is 0 Å². The fourth-order valence-electron chi connectivity index (χ4n) is 2.00. The van der Waals surface area contributed by atoms with E-state index in [2.05, 4.69) is 15.5 Å². The normalized spacial score (nSPS) is 13.3. The molecular formula is C15H15N3O6. The van der Waals surface area contributed by atoms with Gasteiger partial charge in [0, 0.05) is 6.07 Å². The molecule has 2 aromatic rings. The molecule has 0 saturated heterocycles. The van der Waals surface area contributed by atoms with E-state index in [4.69, 9.17) is 23.4 Å². The molecule has 0 atom stereocenters. The molecule has 1 aromatic carbocycles. The summed E-state index contributed by atoms with van der Waals surface area (Å²) in [6.07, 6.45) is 1.38. The molecule has 0 radical (unpaired) electrons. The van der Waals surface area contributed by atoms with Crippen LogP contribution in [-0.4, -0.2) is 43.5 Å². The highest BCUT2D eigenvalue weighted by Gasteiger charge is 2.19. The Morgan fingerprint density at radius 2 is 2.08 bits per heavy atom. The lowest BCUT2D eigenvalue weighted by atomic mass is 10.2. The molecule has 0 saturated carbocycles. The van der Waals surface area contributed by atoms with E-state index in [9.17, 15) is 4.79 Å². The second-order valence-electron chi connectivity index (χ2n) is 4.63. The minimum atomic E-state index is -0.459. The van der Waals surface area contributed by atoms with E-state index in [0.717, 1.165) is 0 Å². The second kappa shape index (κ2) is 6.90. The minimum absolute atomic E-state index is 0.0667. The van der Waals surface area contributed by atoms with Crippen LogP contribution in [0.25, 0.3) is 5.76 Å². The van der Waals surface area contributed by atoms with Gasteiger partial charge in [0.2, 0.25) is 5.76 Å². The van der Waals surface area contributed by atoms with Crippen LogP contribution in [0.5, 0.6) is 11.5 Å². The van der Waals surface area contributed by atoms with Crippen molar-refractivity contribution in [2.75, 3.05) is 32.8 Å². The maximum atomic E-state index is 12.3. The van der Waals surface area contributed by atoms with Crippen molar-refractivity contribution < 1.29 is 28.2 Å². The lowest BCUT2D eigenvalue weighted by Crippen LogP contribution is -2.13. The molecular weight excluding hydrogens is 318 g/mol. The Morgan fingerprint density at radius 3 is 2.79 bits per heavy atom. The van der Waals surface area contributed by atoms with Crippen LogP contribution >= 0.6 is 0 Å². The Bertz CT molecular complexity index is 770. The Labute approximate surface area is 137 Å². The number of rotatable bonds is 5. The van der Waals surface area contributed by atoms with Gasteiger partial charge in [0.05, 0.1) is 19.8 Å². The first kappa shape index (κ1) is 15.7. The van der Waals surface area contributed by atoms with Gasteiger partial charge in [-0.2, -0.15) is 0 Å². The number of amides is 1. The van der Waals surface area contributed by atoms with Crippen molar-refractivity contribution >= 4 is 17.7 Å². The van der Waals surface area contributed by atoms with E-state index in [0.29, 0.717) is 36.0 Å². The number of aromatic nitrogens is 2.